The van der Waals surface area contributed by atoms with Gasteiger partial charge in [-0.25, -0.2) is 8.42 Å². The molecule has 3 heterocycles. The van der Waals surface area contributed by atoms with Gasteiger partial charge in [0.15, 0.2) is 4.80 Å². The lowest BCUT2D eigenvalue weighted by molar-refractivity contribution is -0.384. The Hall–Kier alpha value is -2.16. The Bertz CT molecular complexity index is 1430. The number of thiazole rings is 1. The first-order valence-electron chi connectivity index (χ1n) is 10.9. The maximum absolute atomic E-state index is 13.4. The summed E-state index contributed by atoms with van der Waals surface area (Å²) in [7, 11) is -3.91. The third kappa shape index (κ3) is 5.49. The third-order valence-electron chi connectivity index (χ3n) is 5.60. The first-order valence-corrected chi connectivity index (χ1v) is 14.4. The number of fused-ring (bicyclic) bond motifs is 1. The van der Waals surface area contributed by atoms with Crippen LogP contribution in [-0.4, -0.2) is 53.9 Å². The number of carbonyl (C=O) groups excluding carboxylic acids is 1. The van der Waals surface area contributed by atoms with Crippen LogP contribution in [0.2, 0.25) is 4.34 Å². The normalized spacial score (nSPS) is 17.8. The topological polar surface area (TPSA) is 124 Å². The van der Waals surface area contributed by atoms with E-state index in [0.29, 0.717) is 58.4 Å². The van der Waals surface area contributed by atoms with Gasteiger partial charge in [0.1, 0.15) is 10.3 Å². The molecule has 1 aromatic carbocycles. The van der Waals surface area contributed by atoms with Crippen LogP contribution < -0.4 is 4.80 Å². The number of piperidine rings is 1. The number of nitrogens with zero attached hydrogens (tertiary/aromatic N) is 4. The molecular formula is C21H23ClN4O6S3. The summed E-state index contributed by atoms with van der Waals surface area (Å²) in [4.78, 5) is 28.8. The molecule has 188 valence electrons. The van der Waals surface area contributed by atoms with E-state index in [0.717, 1.165) is 22.7 Å². The lowest BCUT2D eigenvalue weighted by Crippen LogP contribution is -2.47. The number of ether oxygens (including phenoxy) is 1. The molecule has 1 saturated heterocycles. The first kappa shape index (κ1) is 25.9. The Kier molecular flexibility index (Phi) is 8.03. The van der Waals surface area contributed by atoms with Gasteiger partial charge < -0.3 is 9.30 Å². The Morgan fingerprint density at radius 3 is 2.77 bits per heavy atom. The zero-order valence-electron chi connectivity index (χ0n) is 18.8. The van der Waals surface area contributed by atoms with Crippen molar-refractivity contribution in [2.45, 2.75) is 43.0 Å². The second-order valence-corrected chi connectivity index (χ2v) is 12.6. The molecule has 1 unspecified atom stereocenters. The molecular weight excluding hydrogens is 536 g/mol. The second-order valence-electron chi connectivity index (χ2n) is 7.78. The SMILES string of the molecule is CCOCCn1c(=NC(=O)C2CCCCN2S(=O)(=O)c2ccc(Cl)s2)sc2cc([N+](=O)[O-])ccc21. The number of hydrogen-bond donors (Lipinski definition) is 0. The van der Waals surface area contributed by atoms with Crippen LogP contribution in [0.3, 0.4) is 0 Å². The van der Waals surface area contributed by atoms with E-state index >= 15 is 0 Å². The summed E-state index contributed by atoms with van der Waals surface area (Å²) < 4.78 is 36.0. The van der Waals surface area contributed by atoms with Gasteiger partial charge in [0.2, 0.25) is 0 Å². The lowest BCUT2D eigenvalue weighted by Gasteiger charge is -2.31. The number of aromatic nitrogens is 1. The van der Waals surface area contributed by atoms with Crippen LogP contribution in [-0.2, 0) is 26.1 Å². The van der Waals surface area contributed by atoms with Gasteiger partial charge >= 0.3 is 0 Å². The summed E-state index contributed by atoms with van der Waals surface area (Å²) in [6, 6.07) is 6.49. The minimum absolute atomic E-state index is 0.0623. The minimum atomic E-state index is -3.91. The zero-order valence-corrected chi connectivity index (χ0v) is 22.0. The average molecular weight is 559 g/mol. The molecule has 0 bridgehead atoms. The van der Waals surface area contributed by atoms with Crippen LogP contribution in [0, 0.1) is 10.1 Å². The summed E-state index contributed by atoms with van der Waals surface area (Å²) in [5.74, 6) is -0.567. The number of nitro groups is 1. The fourth-order valence-electron chi connectivity index (χ4n) is 3.94. The van der Waals surface area contributed by atoms with Gasteiger partial charge in [-0.3, -0.25) is 14.9 Å². The highest BCUT2D eigenvalue weighted by Gasteiger charge is 2.38. The molecule has 2 aromatic heterocycles. The summed E-state index contributed by atoms with van der Waals surface area (Å²) in [5, 5.41) is 11.2. The van der Waals surface area contributed by atoms with E-state index in [1.807, 2.05) is 6.92 Å². The number of halogens is 1. The van der Waals surface area contributed by atoms with Gasteiger partial charge in [-0.2, -0.15) is 9.30 Å². The molecule has 1 amide bonds. The van der Waals surface area contributed by atoms with E-state index in [2.05, 4.69) is 4.99 Å². The van der Waals surface area contributed by atoms with Crippen molar-refractivity contribution in [3.63, 3.8) is 0 Å². The molecule has 1 atom stereocenters. The molecule has 0 aliphatic carbocycles. The Morgan fingerprint density at radius 2 is 2.09 bits per heavy atom. The molecule has 14 heteroatoms. The van der Waals surface area contributed by atoms with Crippen molar-refractivity contribution in [1.82, 2.24) is 8.87 Å². The molecule has 1 aliphatic heterocycles. The van der Waals surface area contributed by atoms with Gasteiger partial charge in [0.05, 0.1) is 26.1 Å². The van der Waals surface area contributed by atoms with Crippen LogP contribution in [0.1, 0.15) is 26.2 Å². The summed E-state index contributed by atoms with van der Waals surface area (Å²) in [6.45, 7) is 3.35. The third-order valence-corrected chi connectivity index (χ3v) is 10.2. The molecule has 0 N–H and O–H groups in total. The van der Waals surface area contributed by atoms with Crippen LogP contribution in [0.15, 0.2) is 39.5 Å². The van der Waals surface area contributed by atoms with Gasteiger partial charge in [-0.15, -0.1) is 11.3 Å². The van der Waals surface area contributed by atoms with E-state index < -0.39 is 26.9 Å². The molecule has 0 spiro atoms. The van der Waals surface area contributed by atoms with E-state index in [9.17, 15) is 23.3 Å². The van der Waals surface area contributed by atoms with E-state index in [1.165, 1.54) is 28.6 Å². The standard InChI is InChI=1S/C21H23ClN4O6S3/c1-2-32-12-11-24-15-7-6-14(26(28)29)13-17(15)33-21(24)23-20(27)16-5-3-4-10-25(16)35(30,31)19-9-8-18(22)34-19/h6-9,13,16H,2-5,10-12H2,1H3. The number of amides is 1. The van der Waals surface area contributed by atoms with Gasteiger partial charge in [-0.1, -0.05) is 29.4 Å². The molecule has 1 fully saturated rings. The van der Waals surface area contributed by atoms with Crippen molar-refractivity contribution in [2.75, 3.05) is 19.8 Å². The summed E-state index contributed by atoms with van der Waals surface area (Å²) >= 11 is 8.04. The van der Waals surface area contributed by atoms with Crippen LogP contribution in [0.5, 0.6) is 0 Å². The highest BCUT2D eigenvalue weighted by atomic mass is 35.5. The number of hydrogen-bond acceptors (Lipinski definition) is 8. The van der Waals surface area contributed by atoms with Crippen molar-refractivity contribution in [2.24, 2.45) is 4.99 Å². The molecule has 35 heavy (non-hydrogen) atoms. The summed E-state index contributed by atoms with van der Waals surface area (Å²) in [6.07, 6.45) is 1.70. The molecule has 1 aliphatic rings. The monoisotopic (exact) mass is 558 g/mol. The average Bonchev–Trinajstić information content (AvgIpc) is 3.42. The number of nitro benzene ring substituents is 1. The maximum Gasteiger partial charge on any atom is 0.270 e. The molecule has 10 nitrogen and oxygen atoms in total. The van der Waals surface area contributed by atoms with E-state index in [-0.39, 0.29) is 16.4 Å². The van der Waals surface area contributed by atoms with E-state index in [4.69, 9.17) is 16.3 Å². The minimum Gasteiger partial charge on any atom is -0.380 e. The van der Waals surface area contributed by atoms with Crippen molar-refractivity contribution >= 4 is 66.1 Å². The number of sulfonamides is 1. The second kappa shape index (κ2) is 10.8. The highest BCUT2D eigenvalue weighted by molar-refractivity contribution is 7.91. The Labute approximate surface area is 214 Å². The summed E-state index contributed by atoms with van der Waals surface area (Å²) in [5.41, 5.74) is 0.626. The zero-order chi connectivity index (χ0) is 25.2. The van der Waals surface area contributed by atoms with Crippen LogP contribution in [0.25, 0.3) is 10.2 Å². The predicted molar refractivity (Wildman–Crippen MR) is 134 cm³/mol. The van der Waals surface area contributed by atoms with Gasteiger partial charge in [-0.05, 0) is 38.0 Å². The number of benzene rings is 1. The van der Waals surface area contributed by atoms with Gasteiger partial charge in [0, 0.05) is 31.8 Å². The Balaban J connectivity index is 1.74. The predicted octanol–water partition coefficient (Wildman–Crippen LogP) is 4.03. The van der Waals surface area contributed by atoms with Crippen molar-refractivity contribution in [1.29, 1.82) is 0 Å². The molecule has 0 saturated carbocycles. The van der Waals surface area contributed by atoms with Crippen molar-refractivity contribution in [3.05, 3.63) is 49.6 Å². The van der Waals surface area contributed by atoms with Crippen molar-refractivity contribution in [3.8, 4) is 0 Å². The van der Waals surface area contributed by atoms with Gasteiger partial charge in [0.25, 0.3) is 21.6 Å². The van der Waals surface area contributed by atoms with Crippen molar-refractivity contribution < 1.29 is 22.9 Å². The molecule has 4 rings (SSSR count). The molecule has 3 aromatic rings. The Morgan fingerprint density at radius 1 is 1.29 bits per heavy atom. The molecule has 0 radical (unpaired) electrons. The first-order chi connectivity index (χ1) is 16.7. The number of rotatable bonds is 8. The van der Waals surface area contributed by atoms with E-state index in [1.54, 1.807) is 10.6 Å². The maximum atomic E-state index is 13.4. The number of thiophene rings is 1. The fraction of sp³-hybridized carbons (Fsp3) is 0.429. The highest BCUT2D eigenvalue weighted by Crippen LogP contribution is 2.32. The quantitative estimate of drug-likeness (QED) is 0.233. The number of carbonyl (C=O) groups is 1. The number of non-ortho nitro benzene ring substituents is 1. The largest absolute Gasteiger partial charge is 0.380 e. The lowest BCUT2D eigenvalue weighted by atomic mass is 10.0. The van der Waals surface area contributed by atoms with Crippen LogP contribution in [0.4, 0.5) is 5.69 Å². The van der Waals surface area contributed by atoms with Crippen LogP contribution >= 0.6 is 34.3 Å². The smallest absolute Gasteiger partial charge is 0.270 e. The fourth-order valence-corrected chi connectivity index (χ4v) is 8.29.